The minimum atomic E-state index is -0.0455. The van der Waals surface area contributed by atoms with Crippen molar-refractivity contribution in [1.29, 1.82) is 0 Å². The zero-order chi connectivity index (χ0) is 11.8. The lowest BCUT2D eigenvalue weighted by molar-refractivity contribution is 0.422. The molecule has 1 aromatic carbocycles. The number of hydrogen-bond acceptors (Lipinski definition) is 4. The van der Waals surface area contributed by atoms with Crippen LogP contribution in [-0.2, 0) is 6.54 Å². The molecule has 0 amide bonds. The summed E-state index contributed by atoms with van der Waals surface area (Å²) in [5, 5.41) is 14.2. The van der Waals surface area contributed by atoms with E-state index in [0.717, 1.165) is 25.2 Å². The van der Waals surface area contributed by atoms with Crippen LogP contribution in [0.15, 0.2) is 24.3 Å². The van der Waals surface area contributed by atoms with Gasteiger partial charge in [0.15, 0.2) is 5.82 Å². The number of aryl methyl sites for hydroxylation is 1. The average molecular weight is 230 g/mol. The number of aromatic nitrogens is 3. The first-order valence-electron chi connectivity index (χ1n) is 5.74. The number of phenols is 1. The second-order valence-corrected chi connectivity index (χ2v) is 4.28. The first kappa shape index (κ1) is 10.3. The molecule has 0 aliphatic carbocycles. The van der Waals surface area contributed by atoms with Gasteiger partial charge in [-0.1, -0.05) is 12.1 Å². The molecule has 3 N–H and O–H groups in total. The maximum Gasteiger partial charge on any atom is 0.185 e. The van der Waals surface area contributed by atoms with E-state index in [1.807, 2.05) is 16.8 Å². The number of hydrogen-bond donors (Lipinski definition) is 2. The molecule has 5 heteroatoms. The molecule has 0 bridgehead atoms. The number of benzene rings is 1. The topological polar surface area (TPSA) is 77.0 Å². The van der Waals surface area contributed by atoms with E-state index in [4.69, 9.17) is 5.73 Å². The molecule has 1 aromatic heterocycles. The average Bonchev–Trinajstić information content (AvgIpc) is 2.75. The van der Waals surface area contributed by atoms with Gasteiger partial charge in [-0.15, -0.1) is 0 Å². The van der Waals surface area contributed by atoms with Crippen LogP contribution in [0.3, 0.4) is 0 Å². The molecule has 88 valence electrons. The van der Waals surface area contributed by atoms with Gasteiger partial charge in [-0.2, -0.15) is 5.10 Å². The predicted octanol–water partition coefficient (Wildman–Crippen LogP) is 1.44. The summed E-state index contributed by atoms with van der Waals surface area (Å²) in [7, 11) is 0. The smallest absolute Gasteiger partial charge is 0.185 e. The third-order valence-electron chi connectivity index (χ3n) is 3.06. The minimum Gasteiger partial charge on any atom is -0.507 e. The monoisotopic (exact) mass is 230 g/mol. The summed E-state index contributed by atoms with van der Waals surface area (Å²) in [6.07, 6.45) is 1.97. The van der Waals surface area contributed by atoms with E-state index in [1.165, 1.54) is 0 Å². The van der Waals surface area contributed by atoms with Crippen LogP contribution in [0.25, 0.3) is 11.4 Å². The van der Waals surface area contributed by atoms with Crippen molar-refractivity contribution >= 4 is 0 Å². The van der Waals surface area contributed by atoms with Crippen LogP contribution in [-0.4, -0.2) is 19.9 Å². The van der Waals surface area contributed by atoms with Gasteiger partial charge in [0.1, 0.15) is 11.6 Å². The van der Waals surface area contributed by atoms with E-state index in [0.29, 0.717) is 11.4 Å². The number of para-hydroxylation sites is 1. The minimum absolute atomic E-state index is 0.0455. The Morgan fingerprint density at radius 2 is 2.18 bits per heavy atom. The van der Waals surface area contributed by atoms with Crippen LogP contribution in [0.1, 0.15) is 24.7 Å². The van der Waals surface area contributed by atoms with Crippen molar-refractivity contribution in [3.8, 4) is 17.1 Å². The quantitative estimate of drug-likeness (QED) is 0.777. The first-order chi connectivity index (χ1) is 8.25. The molecular formula is C12H14N4O. The van der Waals surface area contributed by atoms with Crippen molar-refractivity contribution in [3.05, 3.63) is 30.1 Å². The molecule has 0 saturated carbocycles. The van der Waals surface area contributed by atoms with Gasteiger partial charge in [-0.25, -0.2) is 9.67 Å². The zero-order valence-electron chi connectivity index (χ0n) is 9.37. The van der Waals surface area contributed by atoms with Crippen LogP contribution in [0, 0.1) is 0 Å². The fraction of sp³-hybridized carbons (Fsp3) is 0.333. The number of rotatable bonds is 1. The molecule has 5 nitrogen and oxygen atoms in total. The lowest BCUT2D eigenvalue weighted by Gasteiger charge is -2.17. The highest BCUT2D eigenvalue weighted by molar-refractivity contribution is 5.63. The summed E-state index contributed by atoms with van der Waals surface area (Å²) in [5.74, 6) is 1.56. The number of nitrogens with two attached hydrogens (primary N) is 1. The molecule has 1 unspecified atom stereocenters. The molecule has 0 radical (unpaired) electrons. The van der Waals surface area contributed by atoms with Crippen molar-refractivity contribution in [2.45, 2.75) is 25.4 Å². The molecule has 1 aliphatic heterocycles. The molecule has 1 atom stereocenters. The number of fused-ring (bicyclic) bond motifs is 1. The van der Waals surface area contributed by atoms with Crippen LogP contribution in [0.5, 0.6) is 5.75 Å². The first-order valence-corrected chi connectivity index (χ1v) is 5.74. The molecule has 2 heterocycles. The summed E-state index contributed by atoms with van der Waals surface area (Å²) in [5.41, 5.74) is 6.64. The highest BCUT2D eigenvalue weighted by Crippen LogP contribution is 2.29. The summed E-state index contributed by atoms with van der Waals surface area (Å²) < 4.78 is 1.84. The Morgan fingerprint density at radius 1 is 1.35 bits per heavy atom. The van der Waals surface area contributed by atoms with Gasteiger partial charge in [-0.05, 0) is 25.0 Å². The van der Waals surface area contributed by atoms with E-state index >= 15 is 0 Å². The van der Waals surface area contributed by atoms with Gasteiger partial charge >= 0.3 is 0 Å². The fourth-order valence-electron chi connectivity index (χ4n) is 2.16. The van der Waals surface area contributed by atoms with E-state index < -0.39 is 0 Å². The highest BCUT2D eigenvalue weighted by Gasteiger charge is 2.22. The van der Waals surface area contributed by atoms with Gasteiger partial charge in [0, 0.05) is 6.54 Å². The zero-order valence-corrected chi connectivity index (χ0v) is 9.37. The fourth-order valence-corrected chi connectivity index (χ4v) is 2.16. The Kier molecular flexibility index (Phi) is 2.33. The normalized spacial score (nSPS) is 19.0. The summed E-state index contributed by atoms with van der Waals surface area (Å²) in [4.78, 5) is 4.43. The molecule has 3 rings (SSSR count). The predicted molar refractivity (Wildman–Crippen MR) is 63.3 cm³/mol. The summed E-state index contributed by atoms with van der Waals surface area (Å²) in [6.45, 7) is 0.851. The van der Waals surface area contributed by atoms with Crippen LogP contribution < -0.4 is 5.73 Å². The van der Waals surface area contributed by atoms with Crippen molar-refractivity contribution < 1.29 is 5.11 Å². The maximum atomic E-state index is 9.77. The Morgan fingerprint density at radius 3 is 2.94 bits per heavy atom. The standard InChI is InChI=1S/C12H14N4O/c13-9-5-3-7-16-12(9)14-11(15-16)8-4-1-2-6-10(8)17/h1-2,4,6,9,17H,3,5,7,13H2. The number of phenolic OH excluding ortho intramolecular Hbond substituents is 1. The van der Waals surface area contributed by atoms with Gasteiger partial charge in [0.25, 0.3) is 0 Å². The number of nitrogens with zero attached hydrogens (tertiary/aromatic N) is 3. The summed E-state index contributed by atoms with van der Waals surface area (Å²) >= 11 is 0. The second-order valence-electron chi connectivity index (χ2n) is 4.28. The SMILES string of the molecule is NC1CCCn2nc(-c3ccccc3O)nc21. The van der Waals surface area contributed by atoms with Gasteiger partial charge in [-0.3, -0.25) is 0 Å². The van der Waals surface area contributed by atoms with E-state index in [9.17, 15) is 5.11 Å². The van der Waals surface area contributed by atoms with Crippen LogP contribution in [0.2, 0.25) is 0 Å². The molecule has 17 heavy (non-hydrogen) atoms. The Hall–Kier alpha value is -1.88. The molecule has 1 aliphatic rings. The molecular weight excluding hydrogens is 216 g/mol. The maximum absolute atomic E-state index is 9.77. The lowest BCUT2D eigenvalue weighted by atomic mass is 10.1. The summed E-state index contributed by atoms with van der Waals surface area (Å²) in [6, 6.07) is 7.03. The van der Waals surface area contributed by atoms with E-state index in [1.54, 1.807) is 12.1 Å². The van der Waals surface area contributed by atoms with Crippen molar-refractivity contribution in [2.24, 2.45) is 5.73 Å². The van der Waals surface area contributed by atoms with Gasteiger partial charge in [0.2, 0.25) is 0 Å². The molecule has 0 spiro atoms. The largest absolute Gasteiger partial charge is 0.507 e. The Labute approximate surface area is 98.9 Å². The third-order valence-corrected chi connectivity index (χ3v) is 3.06. The van der Waals surface area contributed by atoms with E-state index in [2.05, 4.69) is 10.1 Å². The van der Waals surface area contributed by atoms with Crippen molar-refractivity contribution in [3.63, 3.8) is 0 Å². The second kappa shape index (κ2) is 3.85. The Bertz CT molecular complexity index is 549. The lowest BCUT2D eigenvalue weighted by Crippen LogP contribution is -2.22. The van der Waals surface area contributed by atoms with Crippen molar-refractivity contribution in [1.82, 2.24) is 14.8 Å². The van der Waals surface area contributed by atoms with Gasteiger partial charge in [0.05, 0.1) is 11.6 Å². The highest BCUT2D eigenvalue weighted by atomic mass is 16.3. The molecule has 0 fully saturated rings. The Balaban J connectivity index is 2.08. The van der Waals surface area contributed by atoms with Gasteiger partial charge < -0.3 is 10.8 Å². The van der Waals surface area contributed by atoms with Crippen LogP contribution in [0.4, 0.5) is 0 Å². The van der Waals surface area contributed by atoms with E-state index in [-0.39, 0.29) is 11.8 Å². The molecule has 2 aromatic rings. The third kappa shape index (κ3) is 1.68. The van der Waals surface area contributed by atoms with Crippen molar-refractivity contribution in [2.75, 3.05) is 0 Å². The molecule has 0 saturated heterocycles. The number of aromatic hydroxyl groups is 1. The van der Waals surface area contributed by atoms with Crippen LogP contribution >= 0.6 is 0 Å².